The number of benzene rings is 1. The molecule has 126 valence electrons. The van der Waals surface area contributed by atoms with Crippen LogP contribution in [-0.2, 0) is 10.0 Å². The van der Waals surface area contributed by atoms with Crippen LogP contribution in [0.5, 0.6) is 0 Å². The molecule has 2 rings (SSSR count). The van der Waals surface area contributed by atoms with Gasteiger partial charge in [-0.15, -0.1) is 12.4 Å². The van der Waals surface area contributed by atoms with E-state index < -0.39 is 10.0 Å². The van der Waals surface area contributed by atoms with E-state index >= 15 is 0 Å². The second kappa shape index (κ2) is 8.29. The van der Waals surface area contributed by atoms with Crippen LogP contribution < -0.4 is 5.32 Å². The molecule has 1 aromatic rings. The number of nitrogens with one attached hydrogen (secondary N) is 1. The quantitative estimate of drug-likeness (QED) is 0.861. The van der Waals surface area contributed by atoms with Gasteiger partial charge in [-0.25, -0.2) is 8.42 Å². The fourth-order valence-electron chi connectivity index (χ4n) is 2.90. The molecule has 22 heavy (non-hydrogen) atoms. The number of hydrogen-bond acceptors (Lipinski definition) is 3. The van der Waals surface area contributed by atoms with Gasteiger partial charge in [0.1, 0.15) is 0 Å². The van der Waals surface area contributed by atoms with E-state index in [9.17, 15) is 8.42 Å². The van der Waals surface area contributed by atoms with Gasteiger partial charge in [0, 0.05) is 19.1 Å². The predicted octanol–water partition coefficient (Wildman–Crippen LogP) is 2.99. The van der Waals surface area contributed by atoms with Crippen LogP contribution in [0.25, 0.3) is 0 Å². The van der Waals surface area contributed by atoms with Gasteiger partial charge >= 0.3 is 0 Å². The second-order valence-corrected chi connectivity index (χ2v) is 7.74. The predicted molar refractivity (Wildman–Crippen MR) is 93.2 cm³/mol. The highest BCUT2D eigenvalue weighted by molar-refractivity contribution is 7.89. The summed E-state index contributed by atoms with van der Waals surface area (Å²) in [6, 6.07) is 7.49. The highest BCUT2D eigenvalue weighted by atomic mass is 35.5. The number of likely N-dealkylation sites (N-methyl/N-ethyl adjacent to an activating group) is 1. The Bertz CT molecular complexity index is 560. The first-order chi connectivity index (χ1) is 10.0. The van der Waals surface area contributed by atoms with Gasteiger partial charge in [0.05, 0.1) is 4.90 Å². The van der Waals surface area contributed by atoms with Gasteiger partial charge in [-0.3, -0.25) is 0 Å². The van der Waals surface area contributed by atoms with Crippen molar-refractivity contribution in [1.82, 2.24) is 9.62 Å². The molecule has 4 nitrogen and oxygen atoms in total. The summed E-state index contributed by atoms with van der Waals surface area (Å²) in [4.78, 5) is 0.414. The molecule has 1 N–H and O–H groups in total. The number of rotatable bonds is 6. The highest BCUT2D eigenvalue weighted by Gasteiger charge is 2.34. The van der Waals surface area contributed by atoms with Crippen LogP contribution in [0.2, 0.25) is 0 Å². The number of nitrogens with zero attached hydrogens (tertiary/aromatic N) is 1. The van der Waals surface area contributed by atoms with Gasteiger partial charge in [0.2, 0.25) is 10.0 Å². The summed E-state index contributed by atoms with van der Waals surface area (Å²) in [5, 5.41) is 3.09. The van der Waals surface area contributed by atoms with E-state index in [1.54, 1.807) is 16.4 Å². The minimum absolute atomic E-state index is 0. The summed E-state index contributed by atoms with van der Waals surface area (Å²) in [5.74, 6) is 0.464. The van der Waals surface area contributed by atoms with E-state index in [4.69, 9.17) is 0 Å². The molecular weight excluding hydrogens is 320 g/mol. The van der Waals surface area contributed by atoms with Gasteiger partial charge < -0.3 is 5.32 Å². The average Bonchev–Trinajstić information content (AvgIpc) is 2.96. The van der Waals surface area contributed by atoms with Crippen LogP contribution in [0, 0.1) is 0 Å². The Labute approximate surface area is 140 Å². The van der Waals surface area contributed by atoms with Gasteiger partial charge in [-0.1, -0.05) is 26.0 Å². The molecule has 1 saturated heterocycles. The Hall–Kier alpha value is -0.620. The zero-order valence-electron chi connectivity index (χ0n) is 13.6. The van der Waals surface area contributed by atoms with Crippen LogP contribution in [0.15, 0.2) is 29.2 Å². The topological polar surface area (TPSA) is 49.4 Å². The van der Waals surface area contributed by atoms with Gasteiger partial charge in [-0.05, 0) is 49.9 Å². The summed E-state index contributed by atoms with van der Waals surface area (Å²) in [7, 11) is -1.50. The van der Waals surface area contributed by atoms with E-state index in [1.165, 1.54) is 5.56 Å². The molecule has 0 spiro atoms. The summed E-state index contributed by atoms with van der Waals surface area (Å²) in [6.07, 6.45) is 2.93. The summed E-state index contributed by atoms with van der Waals surface area (Å²) in [5.41, 5.74) is 1.20. The van der Waals surface area contributed by atoms with Crippen molar-refractivity contribution < 1.29 is 8.42 Å². The maximum absolute atomic E-state index is 12.8. The summed E-state index contributed by atoms with van der Waals surface area (Å²) in [6.45, 7) is 5.64. The third kappa shape index (κ3) is 4.02. The molecule has 1 aliphatic rings. The standard InChI is InChI=1S/C16H26N2O2S.ClH/c1-4-13(2)14-7-9-16(10-8-14)21(19,20)18-11-5-6-15(18)12-17-3;/h7-10,13,15,17H,4-6,11-12H2,1-3H3;1H. The Morgan fingerprint density at radius 3 is 2.50 bits per heavy atom. The first-order valence-electron chi connectivity index (χ1n) is 7.77. The van der Waals surface area contributed by atoms with E-state index in [0.29, 0.717) is 23.9 Å². The molecule has 0 amide bonds. The van der Waals surface area contributed by atoms with Crippen molar-refractivity contribution in [3.63, 3.8) is 0 Å². The lowest BCUT2D eigenvalue weighted by atomic mass is 9.99. The van der Waals surface area contributed by atoms with Gasteiger partial charge in [0.15, 0.2) is 0 Å². The van der Waals surface area contributed by atoms with Gasteiger partial charge in [0.25, 0.3) is 0 Å². The molecule has 0 saturated carbocycles. The van der Waals surface area contributed by atoms with Crippen LogP contribution >= 0.6 is 12.4 Å². The summed E-state index contributed by atoms with van der Waals surface area (Å²) >= 11 is 0. The number of sulfonamides is 1. The average molecular weight is 347 g/mol. The lowest BCUT2D eigenvalue weighted by Crippen LogP contribution is -2.40. The van der Waals surface area contributed by atoms with Crippen LogP contribution in [0.3, 0.4) is 0 Å². The van der Waals surface area contributed by atoms with Crippen molar-refractivity contribution in [2.75, 3.05) is 20.1 Å². The van der Waals surface area contributed by atoms with E-state index in [1.807, 2.05) is 19.2 Å². The SMILES string of the molecule is CCC(C)c1ccc(S(=O)(=O)N2CCCC2CNC)cc1.Cl. The highest BCUT2D eigenvalue weighted by Crippen LogP contribution is 2.27. The van der Waals surface area contributed by atoms with Crippen molar-refractivity contribution in [3.05, 3.63) is 29.8 Å². The third-order valence-electron chi connectivity index (χ3n) is 4.43. The Morgan fingerprint density at radius 1 is 1.32 bits per heavy atom. The van der Waals surface area contributed by atoms with Crippen molar-refractivity contribution in [1.29, 1.82) is 0 Å². The van der Waals surface area contributed by atoms with Crippen LogP contribution in [0.1, 0.15) is 44.6 Å². The zero-order valence-corrected chi connectivity index (χ0v) is 15.2. The maximum Gasteiger partial charge on any atom is 0.243 e. The first-order valence-corrected chi connectivity index (χ1v) is 9.21. The Morgan fingerprint density at radius 2 is 1.95 bits per heavy atom. The summed E-state index contributed by atoms with van der Waals surface area (Å²) < 4.78 is 27.2. The molecule has 6 heteroatoms. The molecule has 2 unspecified atom stereocenters. The fraction of sp³-hybridized carbons (Fsp3) is 0.625. The van der Waals surface area contributed by atoms with Crippen molar-refractivity contribution in [2.24, 2.45) is 0 Å². The minimum atomic E-state index is -3.37. The molecule has 0 aliphatic carbocycles. The smallest absolute Gasteiger partial charge is 0.243 e. The van der Waals surface area contributed by atoms with E-state index in [-0.39, 0.29) is 18.4 Å². The Balaban J connectivity index is 0.00000242. The first kappa shape index (κ1) is 19.4. The van der Waals surface area contributed by atoms with E-state index in [2.05, 4.69) is 19.2 Å². The lowest BCUT2D eigenvalue weighted by Gasteiger charge is -2.24. The fourth-order valence-corrected chi connectivity index (χ4v) is 4.60. The number of halogens is 1. The molecule has 1 heterocycles. The van der Waals surface area contributed by atoms with Gasteiger partial charge in [-0.2, -0.15) is 4.31 Å². The Kier molecular flexibility index (Phi) is 7.32. The van der Waals surface area contributed by atoms with Crippen LogP contribution in [0.4, 0.5) is 0 Å². The van der Waals surface area contributed by atoms with Crippen molar-refractivity contribution >= 4 is 22.4 Å². The zero-order chi connectivity index (χ0) is 15.5. The molecule has 0 radical (unpaired) electrons. The van der Waals surface area contributed by atoms with Crippen molar-refractivity contribution in [2.45, 2.75) is 50.0 Å². The lowest BCUT2D eigenvalue weighted by molar-refractivity contribution is 0.379. The normalized spacial score (nSPS) is 20.6. The molecule has 0 bridgehead atoms. The monoisotopic (exact) mass is 346 g/mol. The largest absolute Gasteiger partial charge is 0.318 e. The minimum Gasteiger partial charge on any atom is -0.318 e. The molecule has 0 aromatic heterocycles. The molecule has 1 aliphatic heterocycles. The molecular formula is C16H27ClN2O2S. The number of hydrogen-bond donors (Lipinski definition) is 1. The molecule has 2 atom stereocenters. The maximum atomic E-state index is 12.8. The van der Waals surface area contributed by atoms with Crippen molar-refractivity contribution in [3.8, 4) is 0 Å². The second-order valence-electron chi connectivity index (χ2n) is 5.85. The van der Waals surface area contributed by atoms with Crippen LogP contribution in [-0.4, -0.2) is 38.9 Å². The third-order valence-corrected chi connectivity index (χ3v) is 6.40. The molecule has 1 fully saturated rings. The van der Waals surface area contributed by atoms with E-state index in [0.717, 1.165) is 19.3 Å². The molecule has 1 aromatic carbocycles.